The monoisotopic (exact) mass is 312 g/mol. The zero-order chi connectivity index (χ0) is 13.9. The Balaban J connectivity index is 0.00000200. The van der Waals surface area contributed by atoms with Crippen LogP contribution in [-0.4, -0.2) is 26.8 Å². The summed E-state index contributed by atoms with van der Waals surface area (Å²) in [6.45, 7) is -1.46. The van der Waals surface area contributed by atoms with E-state index in [9.17, 15) is 12.9 Å². The Morgan fingerprint density at radius 1 is 1.25 bits per heavy atom. The number of aryl methyl sites for hydroxylation is 1. The Kier molecular flexibility index (Phi) is 7.59. The van der Waals surface area contributed by atoms with Gasteiger partial charge in [-0.05, 0) is 37.8 Å². The molecule has 0 spiro atoms. The zero-order valence-electron chi connectivity index (χ0n) is 11.9. The van der Waals surface area contributed by atoms with E-state index in [0.29, 0.717) is 18.3 Å². The second-order valence-corrected chi connectivity index (χ2v) is 4.96. The fourth-order valence-electron chi connectivity index (χ4n) is 2.23. The van der Waals surface area contributed by atoms with Gasteiger partial charge in [-0.2, -0.15) is 0 Å². The molecule has 0 unspecified atom stereocenters. The van der Waals surface area contributed by atoms with Crippen molar-refractivity contribution < 1.29 is 73.8 Å². The van der Waals surface area contributed by atoms with Crippen LogP contribution in [0.15, 0.2) is 18.2 Å². The first-order valence-electron chi connectivity index (χ1n) is 6.48. The standard InChI is InChI=1S/C13H17BF3O2.K/c1-10-8-12(2-3-13(10)14(15,16)17)19-9-11-4-6-18-7-5-11;/h2-3,8,11H,4-7,9H2,1H3;/q-1;+1. The summed E-state index contributed by atoms with van der Waals surface area (Å²) in [5.74, 6) is 0.938. The molecule has 0 N–H and O–H groups in total. The molecule has 0 aliphatic carbocycles. The summed E-state index contributed by atoms with van der Waals surface area (Å²) in [5, 5.41) is 0. The first kappa shape index (κ1) is 18.5. The van der Waals surface area contributed by atoms with Gasteiger partial charge in [-0.15, -0.1) is 5.46 Å². The van der Waals surface area contributed by atoms with Crippen LogP contribution in [0.3, 0.4) is 0 Å². The molecule has 0 bridgehead atoms. The van der Waals surface area contributed by atoms with Crippen LogP contribution >= 0.6 is 0 Å². The topological polar surface area (TPSA) is 18.5 Å². The fraction of sp³-hybridized carbons (Fsp3) is 0.538. The van der Waals surface area contributed by atoms with E-state index in [4.69, 9.17) is 9.47 Å². The molecule has 2 rings (SSSR count). The van der Waals surface area contributed by atoms with E-state index in [1.807, 2.05) is 0 Å². The molecule has 0 atom stereocenters. The van der Waals surface area contributed by atoms with Gasteiger partial charge in [0.15, 0.2) is 0 Å². The van der Waals surface area contributed by atoms with Crippen LogP contribution < -0.4 is 61.6 Å². The summed E-state index contributed by atoms with van der Waals surface area (Å²) in [6.07, 6.45) is 1.89. The molecule has 106 valence electrons. The van der Waals surface area contributed by atoms with Gasteiger partial charge in [-0.25, -0.2) is 0 Å². The largest absolute Gasteiger partial charge is 1.00 e. The molecule has 0 amide bonds. The van der Waals surface area contributed by atoms with Gasteiger partial charge < -0.3 is 22.4 Å². The number of hydrogen-bond acceptors (Lipinski definition) is 2. The molecule has 1 fully saturated rings. The molecular weight excluding hydrogens is 295 g/mol. The van der Waals surface area contributed by atoms with Crippen molar-refractivity contribution in [2.24, 2.45) is 5.92 Å². The third-order valence-corrected chi connectivity index (χ3v) is 3.42. The van der Waals surface area contributed by atoms with Crippen LogP contribution in [0.25, 0.3) is 0 Å². The zero-order valence-corrected chi connectivity index (χ0v) is 15.0. The second-order valence-electron chi connectivity index (χ2n) is 4.96. The van der Waals surface area contributed by atoms with Gasteiger partial charge in [0, 0.05) is 13.2 Å². The Hall–Kier alpha value is 0.471. The van der Waals surface area contributed by atoms with Gasteiger partial charge in [0.05, 0.1) is 6.61 Å². The summed E-state index contributed by atoms with van der Waals surface area (Å²) < 4.78 is 48.8. The first-order chi connectivity index (χ1) is 8.97. The fourth-order valence-corrected chi connectivity index (χ4v) is 2.23. The molecule has 2 nitrogen and oxygen atoms in total. The molecule has 0 saturated carbocycles. The summed E-state index contributed by atoms with van der Waals surface area (Å²) >= 11 is 0. The Labute approximate surface area is 159 Å². The predicted octanol–water partition coefficient (Wildman–Crippen LogP) is -0.141. The predicted molar refractivity (Wildman–Crippen MR) is 68.9 cm³/mol. The van der Waals surface area contributed by atoms with E-state index in [0.717, 1.165) is 32.1 Å². The van der Waals surface area contributed by atoms with E-state index in [-0.39, 0.29) is 56.9 Å². The molecule has 0 aromatic heterocycles. The number of ether oxygens (including phenoxy) is 2. The van der Waals surface area contributed by atoms with Crippen LogP contribution in [0, 0.1) is 12.8 Å². The van der Waals surface area contributed by atoms with Crippen molar-refractivity contribution in [3.8, 4) is 5.75 Å². The number of hydrogen-bond donors (Lipinski definition) is 0. The van der Waals surface area contributed by atoms with Crippen molar-refractivity contribution in [2.75, 3.05) is 19.8 Å². The minimum absolute atomic E-state index is 0. The van der Waals surface area contributed by atoms with Crippen LogP contribution in [0.2, 0.25) is 0 Å². The Bertz CT molecular complexity index is 434. The molecule has 7 heteroatoms. The molecule has 1 aromatic carbocycles. The number of halogens is 3. The van der Waals surface area contributed by atoms with Gasteiger partial charge in [-0.3, -0.25) is 0 Å². The third-order valence-electron chi connectivity index (χ3n) is 3.42. The van der Waals surface area contributed by atoms with Crippen molar-refractivity contribution in [1.82, 2.24) is 0 Å². The average Bonchev–Trinajstić information content (AvgIpc) is 2.36. The molecule has 1 aromatic rings. The molecule has 1 aliphatic rings. The SMILES string of the molecule is Cc1cc(OCC2CCOCC2)ccc1[B-](F)(F)F.[K+]. The summed E-state index contributed by atoms with van der Waals surface area (Å²) in [7, 11) is 0. The summed E-state index contributed by atoms with van der Waals surface area (Å²) in [5.41, 5.74) is -0.324. The molecule has 1 saturated heterocycles. The van der Waals surface area contributed by atoms with Gasteiger partial charge in [0.25, 0.3) is 0 Å². The quantitative estimate of drug-likeness (QED) is 0.721. The molecule has 0 radical (unpaired) electrons. The van der Waals surface area contributed by atoms with Crippen LogP contribution in [0.5, 0.6) is 5.75 Å². The van der Waals surface area contributed by atoms with Crippen LogP contribution in [-0.2, 0) is 4.74 Å². The molecular formula is C13H17BF3KO2. The maximum absolute atomic E-state index is 12.7. The summed E-state index contributed by atoms with van der Waals surface area (Å²) in [6, 6.07) is 3.97. The molecule has 1 heterocycles. The number of benzene rings is 1. The minimum atomic E-state index is -4.94. The van der Waals surface area contributed by atoms with Crippen molar-refractivity contribution in [3.63, 3.8) is 0 Å². The number of rotatable bonds is 4. The van der Waals surface area contributed by atoms with E-state index in [2.05, 4.69) is 0 Å². The van der Waals surface area contributed by atoms with Gasteiger partial charge in [0.2, 0.25) is 0 Å². The van der Waals surface area contributed by atoms with Gasteiger partial charge in [0.1, 0.15) is 5.75 Å². The van der Waals surface area contributed by atoms with Crippen molar-refractivity contribution in [1.29, 1.82) is 0 Å². The third kappa shape index (κ3) is 5.35. The smallest absolute Gasteiger partial charge is 0.493 e. The molecule has 1 aliphatic heterocycles. The second kappa shape index (κ2) is 8.20. The molecule has 20 heavy (non-hydrogen) atoms. The van der Waals surface area contributed by atoms with E-state index in [1.54, 1.807) is 0 Å². The van der Waals surface area contributed by atoms with Crippen molar-refractivity contribution >= 4 is 12.4 Å². The van der Waals surface area contributed by atoms with E-state index >= 15 is 0 Å². The van der Waals surface area contributed by atoms with Crippen LogP contribution in [0.1, 0.15) is 18.4 Å². The maximum atomic E-state index is 12.7. The Morgan fingerprint density at radius 3 is 2.45 bits per heavy atom. The summed E-state index contributed by atoms with van der Waals surface area (Å²) in [4.78, 5) is 0. The first-order valence-corrected chi connectivity index (χ1v) is 6.48. The van der Waals surface area contributed by atoms with Gasteiger partial charge >= 0.3 is 58.4 Å². The van der Waals surface area contributed by atoms with Crippen LogP contribution in [0.4, 0.5) is 12.9 Å². The van der Waals surface area contributed by atoms with Gasteiger partial charge in [-0.1, -0.05) is 11.6 Å². The van der Waals surface area contributed by atoms with Crippen molar-refractivity contribution in [3.05, 3.63) is 23.8 Å². The minimum Gasteiger partial charge on any atom is -0.493 e. The average molecular weight is 312 g/mol. The van der Waals surface area contributed by atoms with E-state index in [1.165, 1.54) is 19.1 Å². The maximum Gasteiger partial charge on any atom is 1.00 e. The van der Waals surface area contributed by atoms with E-state index < -0.39 is 12.4 Å². The Morgan fingerprint density at radius 2 is 1.90 bits per heavy atom. The van der Waals surface area contributed by atoms with Crippen molar-refractivity contribution in [2.45, 2.75) is 19.8 Å². The normalized spacial score (nSPS) is 16.6.